The van der Waals surface area contributed by atoms with E-state index >= 15 is 0 Å². The van der Waals surface area contributed by atoms with Gasteiger partial charge >= 0.3 is 12.0 Å². The Kier molecular flexibility index (Phi) is 7.75. The van der Waals surface area contributed by atoms with Crippen LogP contribution in [0.25, 0.3) is 0 Å². The number of rotatable bonds is 7. The van der Waals surface area contributed by atoms with E-state index in [2.05, 4.69) is 15.4 Å². The molecule has 0 radical (unpaired) electrons. The van der Waals surface area contributed by atoms with Crippen molar-refractivity contribution in [3.05, 3.63) is 22.4 Å². The number of thiophene rings is 1. The van der Waals surface area contributed by atoms with E-state index in [9.17, 15) is 19.2 Å². The number of hydrogen-bond acceptors (Lipinski definition) is 6. The highest BCUT2D eigenvalue weighted by atomic mass is 32.1. The van der Waals surface area contributed by atoms with Gasteiger partial charge in [-0.15, -0.1) is 11.3 Å². The lowest BCUT2D eigenvalue weighted by Gasteiger charge is -2.11. The molecule has 3 N–H and O–H groups in total. The van der Waals surface area contributed by atoms with E-state index in [1.807, 2.05) is 12.2 Å². The average Bonchev–Trinajstić information content (AvgIpc) is 3.04. The van der Waals surface area contributed by atoms with E-state index in [1.165, 1.54) is 11.3 Å². The van der Waals surface area contributed by atoms with Crippen LogP contribution in [0.2, 0.25) is 0 Å². The van der Waals surface area contributed by atoms with Crippen LogP contribution in [-0.4, -0.2) is 43.0 Å². The Hall–Kier alpha value is -2.42. The zero-order chi connectivity index (χ0) is 17.2. The third-order valence-electron chi connectivity index (χ3n) is 2.75. The molecule has 1 rings (SSSR count). The largest absolute Gasteiger partial charge is 0.454 e. The number of ether oxygens (including phenoxy) is 1. The van der Waals surface area contributed by atoms with Crippen molar-refractivity contribution in [2.24, 2.45) is 0 Å². The summed E-state index contributed by atoms with van der Waals surface area (Å²) >= 11 is 1.24. The topological polar surface area (TPSA) is 114 Å². The maximum absolute atomic E-state index is 11.6. The molecule has 1 aromatic rings. The fraction of sp³-hybridized carbons (Fsp3) is 0.429. The molecule has 9 heteroatoms. The highest BCUT2D eigenvalue weighted by Gasteiger charge is 2.13. The Balaban J connectivity index is 2.21. The van der Waals surface area contributed by atoms with Crippen molar-refractivity contribution in [3.8, 4) is 0 Å². The number of imide groups is 1. The first kappa shape index (κ1) is 18.6. The molecule has 0 aliphatic rings. The molecule has 0 aliphatic heterocycles. The van der Waals surface area contributed by atoms with Crippen molar-refractivity contribution < 1.29 is 23.9 Å². The number of esters is 1. The molecule has 1 heterocycles. The maximum atomic E-state index is 11.6. The monoisotopic (exact) mass is 341 g/mol. The van der Waals surface area contributed by atoms with Crippen molar-refractivity contribution in [2.75, 3.05) is 13.2 Å². The Bertz CT molecular complexity index is 559. The first-order valence-electron chi connectivity index (χ1n) is 7.00. The highest BCUT2D eigenvalue weighted by molar-refractivity contribution is 7.12. The van der Waals surface area contributed by atoms with Crippen molar-refractivity contribution in [1.29, 1.82) is 0 Å². The summed E-state index contributed by atoms with van der Waals surface area (Å²) in [6.45, 7) is 2.73. The molecule has 1 aromatic heterocycles. The quantitative estimate of drug-likeness (QED) is 0.630. The van der Waals surface area contributed by atoms with Crippen molar-refractivity contribution in [1.82, 2.24) is 16.0 Å². The molecule has 8 nitrogen and oxygen atoms in total. The predicted octanol–water partition coefficient (Wildman–Crippen LogP) is 0.645. The molecular formula is C14H19N3O5S. The highest BCUT2D eigenvalue weighted by Crippen LogP contribution is 2.07. The van der Waals surface area contributed by atoms with Gasteiger partial charge in [0.05, 0.1) is 4.88 Å². The van der Waals surface area contributed by atoms with Crippen molar-refractivity contribution in [3.63, 3.8) is 0 Å². The van der Waals surface area contributed by atoms with E-state index in [4.69, 9.17) is 0 Å². The van der Waals surface area contributed by atoms with Crippen LogP contribution in [0.5, 0.6) is 0 Å². The minimum atomic E-state index is -0.771. The molecule has 1 atom stereocenters. The van der Waals surface area contributed by atoms with Crippen LogP contribution in [0.3, 0.4) is 0 Å². The lowest BCUT2D eigenvalue weighted by molar-refractivity contribution is -0.147. The average molecular weight is 341 g/mol. The molecule has 126 valence electrons. The van der Waals surface area contributed by atoms with Crippen molar-refractivity contribution in [2.45, 2.75) is 26.3 Å². The number of hydrogen-bond donors (Lipinski definition) is 3. The molecule has 0 unspecified atom stereocenters. The SMILES string of the molecule is CC[C@@H](C)NC(=O)NC(=O)COC(=O)CNC(=O)c1cccs1. The van der Waals surface area contributed by atoms with Gasteiger partial charge in [-0.25, -0.2) is 4.79 Å². The predicted molar refractivity (Wildman–Crippen MR) is 84.0 cm³/mol. The Morgan fingerprint density at radius 2 is 2.04 bits per heavy atom. The summed E-state index contributed by atoms with van der Waals surface area (Å²) in [5.41, 5.74) is 0. The molecule has 0 aromatic carbocycles. The van der Waals surface area contributed by atoms with E-state index < -0.39 is 30.4 Å². The standard InChI is InChI=1S/C14H19N3O5S/c1-3-9(2)16-14(21)17-11(18)8-22-12(19)7-15-13(20)10-5-4-6-23-10/h4-6,9H,3,7-8H2,1-2H3,(H,15,20)(H2,16,17,18,21)/t9-/m1/s1. The molecule has 0 saturated heterocycles. The Morgan fingerprint density at radius 3 is 2.65 bits per heavy atom. The minimum Gasteiger partial charge on any atom is -0.454 e. The van der Waals surface area contributed by atoms with Gasteiger partial charge in [-0.1, -0.05) is 13.0 Å². The number of carbonyl (C=O) groups is 4. The number of nitrogens with one attached hydrogen (secondary N) is 3. The van der Waals surface area contributed by atoms with Gasteiger partial charge < -0.3 is 15.4 Å². The molecule has 0 fully saturated rings. The third kappa shape index (κ3) is 7.41. The second-order valence-electron chi connectivity index (χ2n) is 4.65. The Labute approximate surface area is 137 Å². The third-order valence-corrected chi connectivity index (χ3v) is 3.61. The van der Waals surface area contributed by atoms with E-state index in [0.717, 1.165) is 6.42 Å². The van der Waals surface area contributed by atoms with Crippen molar-refractivity contribution >= 4 is 35.2 Å². The summed E-state index contributed by atoms with van der Waals surface area (Å²) in [5.74, 6) is -1.91. The summed E-state index contributed by atoms with van der Waals surface area (Å²) in [7, 11) is 0. The normalized spacial score (nSPS) is 11.2. The van der Waals surface area contributed by atoms with E-state index in [-0.39, 0.29) is 12.6 Å². The van der Waals surface area contributed by atoms with Crippen LogP contribution in [0.15, 0.2) is 17.5 Å². The Morgan fingerprint density at radius 1 is 1.30 bits per heavy atom. The van der Waals surface area contributed by atoms with Gasteiger partial charge in [-0.2, -0.15) is 0 Å². The van der Waals surface area contributed by atoms with Crippen LogP contribution in [-0.2, 0) is 14.3 Å². The molecule has 23 heavy (non-hydrogen) atoms. The molecule has 0 bridgehead atoms. The summed E-state index contributed by atoms with van der Waals surface area (Å²) in [6, 6.07) is 2.62. The second kappa shape index (κ2) is 9.57. The maximum Gasteiger partial charge on any atom is 0.325 e. The van der Waals surface area contributed by atoms with E-state index in [1.54, 1.807) is 24.4 Å². The zero-order valence-electron chi connectivity index (χ0n) is 12.9. The van der Waals surface area contributed by atoms with Gasteiger partial charge in [-0.3, -0.25) is 19.7 Å². The fourth-order valence-electron chi connectivity index (χ4n) is 1.37. The summed E-state index contributed by atoms with van der Waals surface area (Å²) < 4.78 is 4.66. The first-order chi connectivity index (χ1) is 10.9. The molecular weight excluding hydrogens is 322 g/mol. The molecule has 0 aliphatic carbocycles. The van der Waals surface area contributed by atoms with Gasteiger partial charge in [0.2, 0.25) is 0 Å². The lowest BCUT2D eigenvalue weighted by atomic mass is 10.3. The summed E-state index contributed by atoms with van der Waals surface area (Å²) in [6.07, 6.45) is 0.723. The number of amides is 4. The fourth-order valence-corrected chi connectivity index (χ4v) is 2.01. The smallest absolute Gasteiger partial charge is 0.325 e. The molecule has 0 spiro atoms. The van der Waals surface area contributed by atoms with Crippen LogP contribution in [0.1, 0.15) is 29.9 Å². The van der Waals surface area contributed by atoms with Gasteiger partial charge in [0.1, 0.15) is 6.54 Å². The van der Waals surface area contributed by atoms with Gasteiger partial charge in [0, 0.05) is 6.04 Å². The number of carbonyl (C=O) groups excluding carboxylic acids is 4. The minimum absolute atomic E-state index is 0.0715. The molecule has 0 saturated carbocycles. The summed E-state index contributed by atoms with van der Waals surface area (Å²) in [5, 5.41) is 8.68. The van der Waals surface area contributed by atoms with Crippen LogP contribution < -0.4 is 16.0 Å². The van der Waals surface area contributed by atoms with Gasteiger partial charge in [0.25, 0.3) is 11.8 Å². The van der Waals surface area contributed by atoms with Crippen LogP contribution >= 0.6 is 11.3 Å². The van der Waals surface area contributed by atoms with Gasteiger partial charge in [-0.05, 0) is 24.8 Å². The van der Waals surface area contributed by atoms with E-state index in [0.29, 0.717) is 4.88 Å². The molecule has 4 amide bonds. The first-order valence-corrected chi connectivity index (χ1v) is 7.88. The second-order valence-corrected chi connectivity index (χ2v) is 5.60. The summed E-state index contributed by atoms with van der Waals surface area (Å²) in [4.78, 5) is 46.3. The number of urea groups is 1. The van der Waals surface area contributed by atoms with Gasteiger partial charge in [0.15, 0.2) is 6.61 Å². The van der Waals surface area contributed by atoms with Crippen LogP contribution in [0, 0.1) is 0 Å². The van der Waals surface area contributed by atoms with Crippen LogP contribution in [0.4, 0.5) is 4.79 Å². The zero-order valence-corrected chi connectivity index (χ0v) is 13.7. The lowest BCUT2D eigenvalue weighted by Crippen LogP contribution is -2.45.